The van der Waals surface area contributed by atoms with Crippen LogP contribution in [0.1, 0.15) is 18.1 Å². The van der Waals surface area contributed by atoms with Crippen molar-refractivity contribution >= 4 is 5.97 Å². The number of hydrogen-bond donors (Lipinski definition) is 1. The molecule has 4 nitrogen and oxygen atoms in total. The minimum atomic E-state index is -0.609. The third-order valence-electron chi connectivity index (χ3n) is 2.50. The molecule has 1 aromatic rings. The molecular formula is C13H19NO3. The number of carbonyl (C=O) groups is 1. The summed E-state index contributed by atoms with van der Waals surface area (Å²) >= 11 is 0. The van der Waals surface area contributed by atoms with Crippen molar-refractivity contribution < 1.29 is 14.3 Å². The molecule has 0 aromatic heterocycles. The summed E-state index contributed by atoms with van der Waals surface area (Å²) in [7, 11) is 1.63. The van der Waals surface area contributed by atoms with Crippen LogP contribution in [0.5, 0.6) is 5.75 Å². The Bertz CT molecular complexity index is 390. The lowest BCUT2D eigenvalue weighted by Crippen LogP contribution is -2.34. The molecule has 0 bridgehead atoms. The molecular weight excluding hydrogens is 218 g/mol. The normalized spacial score (nSPS) is 12.0. The van der Waals surface area contributed by atoms with Gasteiger partial charge >= 0.3 is 5.97 Å². The van der Waals surface area contributed by atoms with Crippen LogP contribution in [0.2, 0.25) is 0 Å². The van der Waals surface area contributed by atoms with Crippen molar-refractivity contribution in [2.45, 2.75) is 26.3 Å². The lowest BCUT2D eigenvalue weighted by atomic mass is 10.0. The molecule has 2 N–H and O–H groups in total. The smallest absolute Gasteiger partial charge is 0.323 e. The molecule has 17 heavy (non-hydrogen) atoms. The fourth-order valence-corrected chi connectivity index (χ4v) is 1.65. The summed E-state index contributed by atoms with van der Waals surface area (Å²) < 4.78 is 10.0. The number of ether oxygens (including phenoxy) is 2. The number of carbonyl (C=O) groups excluding carboxylic acids is 1. The molecule has 0 saturated heterocycles. The average Bonchev–Trinajstić information content (AvgIpc) is 2.29. The molecule has 0 heterocycles. The van der Waals surface area contributed by atoms with Crippen molar-refractivity contribution in [2.75, 3.05) is 13.7 Å². The summed E-state index contributed by atoms with van der Waals surface area (Å²) in [5.41, 5.74) is 7.78. The van der Waals surface area contributed by atoms with Gasteiger partial charge in [0, 0.05) is 0 Å². The molecule has 0 saturated carbocycles. The standard InChI is InChI=1S/C13H19NO3/c1-4-17-13(15)11(14)8-10-5-6-12(16-3)9(2)7-10/h5-7,11H,4,8,14H2,1-3H3. The van der Waals surface area contributed by atoms with E-state index in [9.17, 15) is 4.79 Å². The summed E-state index contributed by atoms with van der Waals surface area (Å²) in [5, 5.41) is 0. The van der Waals surface area contributed by atoms with Gasteiger partial charge in [0.1, 0.15) is 11.8 Å². The highest BCUT2D eigenvalue weighted by Crippen LogP contribution is 2.19. The summed E-state index contributed by atoms with van der Waals surface area (Å²) in [6.45, 7) is 4.08. The Labute approximate surface area is 102 Å². The number of benzene rings is 1. The molecule has 0 spiro atoms. The highest BCUT2D eigenvalue weighted by atomic mass is 16.5. The van der Waals surface area contributed by atoms with Crippen LogP contribution in [0.25, 0.3) is 0 Å². The monoisotopic (exact) mass is 237 g/mol. The predicted molar refractivity (Wildman–Crippen MR) is 66.0 cm³/mol. The van der Waals surface area contributed by atoms with E-state index in [1.165, 1.54) is 0 Å². The van der Waals surface area contributed by atoms with Crippen LogP contribution >= 0.6 is 0 Å². The Hall–Kier alpha value is -1.55. The molecule has 0 aliphatic heterocycles. The topological polar surface area (TPSA) is 61.5 Å². The Morgan fingerprint density at radius 3 is 2.71 bits per heavy atom. The first-order valence-corrected chi connectivity index (χ1v) is 5.64. The molecule has 4 heteroatoms. The number of rotatable bonds is 5. The van der Waals surface area contributed by atoms with Gasteiger partial charge in [0.2, 0.25) is 0 Å². The molecule has 94 valence electrons. The van der Waals surface area contributed by atoms with E-state index >= 15 is 0 Å². The third kappa shape index (κ3) is 3.75. The van der Waals surface area contributed by atoms with Gasteiger partial charge in [0.25, 0.3) is 0 Å². The van der Waals surface area contributed by atoms with Gasteiger partial charge in [-0.05, 0) is 37.5 Å². The van der Waals surface area contributed by atoms with Crippen LogP contribution in [0.15, 0.2) is 18.2 Å². The van der Waals surface area contributed by atoms with Crippen LogP contribution < -0.4 is 10.5 Å². The zero-order chi connectivity index (χ0) is 12.8. The fraction of sp³-hybridized carbons (Fsp3) is 0.462. The largest absolute Gasteiger partial charge is 0.496 e. The predicted octanol–water partition coefficient (Wildman–Crippen LogP) is 1.44. The average molecular weight is 237 g/mol. The van der Waals surface area contributed by atoms with Gasteiger partial charge < -0.3 is 15.2 Å². The lowest BCUT2D eigenvalue weighted by molar-refractivity contribution is -0.144. The van der Waals surface area contributed by atoms with Crippen molar-refractivity contribution in [3.8, 4) is 5.75 Å². The maximum atomic E-state index is 11.4. The number of esters is 1. The second kappa shape index (κ2) is 6.25. The van der Waals surface area contributed by atoms with E-state index in [2.05, 4.69) is 0 Å². The molecule has 0 amide bonds. The molecule has 0 fully saturated rings. The maximum absolute atomic E-state index is 11.4. The molecule has 1 rings (SSSR count). The SMILES string of the molecule is CCOC(=O)C(N)Cc1ccc(OC)c(C)c1. The summed E-state index contributed by atoms with van der Waals surface area (Å²) in [6, 6.07) is 5.15. The maximum Gasteiger partial charge on any atom is 0.323 e. The van der Waals surface area contributed by atoms with Crippen LogP contribution in [0, 0.1) is 6.92 Å². The Morgan fingerprint density at radius 1 is 1.47 bits per heavy atom. The minimum Gasteiger partial charge on any atom is -0.496 e. The molecule has 1 atom stereocenters. The summed E-state index contributed by atoms with van der Waals surface area (Å²) in [4.78, 5) is 11.4. The Morgan fingerprint density at radius 2 is 2.18 bits per heavy atom. The van der Waals surface area contributed by atoms with Crippen LogP contribution in [-0.2, 0) is 16.0 Å². The van der Waals surface area contributed by atoms with Gasteiger partial charge in [0.15, 0.2) is 0 Å². The first kappa shape index (κ1) is 13.5. The van der Waals surface area contributed by atoms with Gasteiger partial charge in [-0.1, -0.05) is 12.1 Å². The van der Waals surface area contributed by atoms with Gasteiger partial charge in [-0.15, -0.1) is 0 Å². The van der Waals surface area contributed by atoms with Gasteiger partial charge in [-0.2, -0.15) is 0 Å². The van der Waals surface area contributed by atoms with E-state index in [4.69, 9.17) is 15.2 Å². The molecule has 0 aliphatic carbocycles. The second-order valence-corrected chi connectivity index (χ2v) is 3.87. The van der Waals surface area contributed by atoms with Crippen molar-refractivity contribution in [3.63, 3.8) is 0 Å². The van der Waals surface area contributed by atoms with Crippen LogP contribution in [0.4, 0.5) is 0 Å². The number of nitrogens with two attached hydrogens (primary N) is 1. The summed E-state index contributed by atoms with van der Waals surface area (Å²) in [5.74, 6) is 0.472. The van der Waals surface area contributed by atoms with Crippen LogP contribution in [0.3, 0.4) is 0 Å². The quantitative estimate of drug-likeness (QED) is 0.787. The molecule has 1 aromatic carbocycles. The Balaban J connectivity index is 2.68. The first-order valence-electron chi connectivity index (χ1n) is 5.64. The van der Waals surface area contributed by atoms with Crippen molar-refractivity contribution in [3.05, 3.63) is 29.3 Å². The van der Waals surface area contributed by atoms with E-state index in [1.54, 1.807) is 14.0 Å². The van der Waals surface area contributed by atoms with Gasteiger partial charge in [-0.25, -0.2) is 0 Å². The van der Waals surface area contributed by atoms with Crippen molar-refractivity contribution in [1.29, 1.82) is 0 Å². The highest BCUT2D eigenvalue weighted by Gasteiger charge is 2.15. The van der Waals surface area contributed by atoms with E-state index in [1.807, 2.05) is 25.1 Å². The number of methoxy groups -OCH3 is 1. The summed E-state index contributed by atoms with van der Waals surface area (Å²) in [6.07, 6.45) is 0.476. The zero-order valence-electron chi connectivity index (χ0n) is 10.5. The highest BCUT2D eigenvalue weighted by molar-refractivity contribution is 5.75. The Kier molecular flexibility index (Phi) is 4.97. The first-order chi connectivity index (χ1) is 8.08. The number of hydrogen-bond acceptors (Lipinski definition) is 4. The minimum absolute atomic E-state index is 0.355. The van der Waals surface area contributed by atoms with E-state index in [0.29, 0.717) is 13.0 Å². The van der Waals surface area contributed by atoms with E-state index < -0.39 is 6.04 Å². The van der Waals surface area contributed by atoms with Gasteiger partial charge in [-0.3, -0.25) is 4.79 Å². The second-order valence-electron chi connectivity index (χ2n) is 3.87. The lowest BCUT2D eigenvalue weighted by Gasteiger charge is -2.12. The van der Waals surface area contributed by atoms with Crippen molar-refractivity contribution in [2.24, 2.45) is 5.73 Å². The van der Waals surface area contributed by atoms with E-state index in [0.717, 1.165) is 16.9 Å². The van der Waals surface area contributed by atoms with E-state index in [-0.39, 0.29) is 5.97 Å². The van der Waals surface area contributed by atoms with Crippen molar-refractivity contribution in [1.82, 2.24) is 0 Å². The van der Waals surface area contributed by atoms with Gasteiger partial charge in [0.05, 0.1) is 13.7 Å². The molecule has 0 aliphatic rings. The third-order valence-corrected chi connectivity index (χ3v) is 2.50. The molecule has 1 unspecified atom stereocenters. The molecule has 0 radical (unpaired) electrons. The fourth-order valence-electron chi connectivity index (χ4n) is 1.65. The zero-order valence-corrected chi connectivity index (χ0v) is 10.5. The number of aryl methyl sites for hydroxylation is 1. The van der Waals surface area contributed by atoms with Crippen LogP contribution in [-0.4, -0.2) is 25.7 Å².